The van der Waals surface area contributed by atoms with Crippen LogP contribution in [0.2, 0.25) is 5.15 Å². The molecule has 1 heterocycles. The van der Waals surface area contributed by atoms with Crippen molar-refractivity contribution in [1.29, 1.82) is 0 Å². The van der Waals surface area contributed by atoms with Gasteiger partial charge in [0, 0.05) is 12.6 Å². The second kappa shape index (κ2) is 5.92. The van der Waals surface area contributed by atoms with Crippen LogP contribution in [0.15, 0.2) is 6.07 Å². The Kier molecular flexibility index (Phi) is 4.47. The zero-order chi connectivity index (χ0) is 13.9. The van der Waals surface area contributed by atoms with Crippen LogP contribution in [-0.2, 0) is 0 Å². The summed E-state index contributed by atoms with van der Waals surface area (Å²) in [5.41, 5.74) is 4.87. The average molecular weight is 285 g/mol. The Bertz CT molecular complexity index is 412. The Morgan fingerprint density at radius 1 is 1.47 bits per heavy atom. The Balaban J connectivity index is 1.91. The van der Waals surface area contributed by atoms with Crippen LogP contribution < -0.4 is 11.1 Å². The van der Waals surface area contributed by atoms with E-state index in [1.807, 2.05) is 0 Å². The van der Waals surface area contributed by atoms with Gasteiger partial charge in [-0.1, -0.05) is 24.9 Å². The Labute approximate surface area is 118 Å². The van der Waals surface area contributed by atoms with Gasteiger partial charge in [-0.2, -0.15) is 4.98 Å². The van der Waals surface area contributed by atoms with E-state index in [0.29, 0.717) is 17.5 Å². The van der Waals surface area contributed by atoms with Gasteiger partial charge in [0.1, 0.15) is 11.0 Å². The fourth-order valence-electron chi connectivity index (χ4n) is 2.58. The predicted molar refractivity (Wildman–Crippen MR) is 77.1 cm³/mol. The average Bonchev–Trinajstić information content (AvgIpc) is 2.37. The number of hydrogen-bond donors (Lipinski definition) is 3. The summed E-state index contributed by atoms with van der Waals surface area (Å²) in [7, 11) is 0. The molecule has 1 aromatic rings. The highest BCUT2D eigenvalue weighted by atomic mass is 35.5. The lowest BCUT2D eigenvalue weighted by Crippen LogP contribution is -2.40. The molecule has 0 bridgehead atoms. The number of nitrogen functional groups attached to an aromatic ring is 1. The van der Waals surface area contributed by atoms with E-state index in [9.17, 15) is 5.11 Å². The highest BCUT2D eigenvalue weighted by molar-refractivity contribution is 6.29. The molecule has 5 nitrogen and oxygen atoms in total. The number of anilines is 2. The highest BCUT2D eigenvalue weighted by Crippen LogP contribution is 2.33. The fraction of sp³-hybridized carbons (Fsp3) is 0.692. The van der Waals surface area contributed by atoms with Crippen molar-refractivity contribution in [2.24, 2.45) is 5.92 Å². The standard InChI is InChI=1S/C13H21ClN4O/c1-2-9-3-5-13(19,6-4-9)8-16-11-7-10(14)17-12(15)18-11/h7,9,19H,2-6,8H2,1H3,(H3,15,16,17,18). The summed E-state index contributed by atoms with van der Waals surface area (Å²) >= 11 is 5.81. The highest BCUT2D eigenvalue weighted by Gasteiger charge is 2.32. The van der Waals surface area contributed by atoms with Crippen molar-refractivity contribution in [3.8, 4) is 0 Å². The van der Waals surface area contributed by atoms with Gasteiger partial charge in [-0.25, -0.2) is 4.98 Å². The molecule has 1 saturated carbocycles. The van der Waals surface area contributed by atoms with Crippen LogP contribution in [0.1, 0.15) is 39.0 Å². The summed E-state index contributed by atoms with van der Waals surface area (Å²) in [6, 6.07) is 1.61. The summed E-state index contributed by atoms with van der Waals surface area (Å²) in [6.45, 7) is 2.68. The maximum atomic E-state index is 10.5. The molecule has 1 aromatic heterocycles. The van der Waals surface area contributed by atoms with Gasteiger partial charge in [0.25, 0.3) is 0 Å². The van der Waals surface area contributed by atoms with E-state index in [2.05, 4.69) is 22.2 Å². The molecule has 0 aliphatic heterocycles. The van der Waals surface area contributed by atoms with Crippen molar-refractivity contribution < 1.29 is 5.11 Å². The second-order valence-electron chi connectivity index (χ2n) is 5.36. The molecular weight excluding hydrogens is 264 g/mol. The molecule has 1 aliphatic rings. The molecule has 106 valence electrons. The maximum absolute atomic E-state index is 10.5. The summed E-state index contributed by atoms with van der Waals surface area (Å²) in [5.74, 6) is 1.45. The summed E-state index contributed by atoms with van der Waals surface area (Å²) in [5, 5.41) is 13.9. The van der Waals surface area contributed by atoms with Crippen molar-refractivity contribution in [2.45, 2.75) is 44.6 Å². The molecule has 0 unspecified atom stereocenters. The molecule has 0 aromatic carbocycles. The molecule has 0 saturated heterocycles. The van der Waals surface area contributed by atoms with Crippen molar-refractivity contribution in [2.75, 3.05) is 17.6 Å². The molecule has 0 amide bonds. The molecule has 19 heavy (non-hydrogen) atoms. The zero-order valence-electron chi connectivity index (χ0n) is 11.2. The number of hydrogen-bond acceptors (Lipinski definition) is 5. The van der Waals surface area contributed by atoms with Gasteiger partial charge in [-0.15, -0.1) is 0 Å². The number of nitrogens with one attached hydrogen (secondary N) is 1. The first-order chi connectivity index (χ1) is 9.00. The number of aliphatic hydroxyl groups is 1. The SMILES string of the molecule is CCC1CCC(O)(CNc2cc(Cl)nc(N)n2)CC1. The third-order valence-electron chi connectivity index (χ3n) is 3.92. The van der Waals surface area contributed by atoms with Gasteiger partial charge < -0.3 is 16.2 Å². The molecule has 1 aliphatic carbocycles. The first-order valence-electron chi connectivity index (χ1n) is 6.77. The van der Waals surface area contributed by atoms with Crippen molar-refractivity contribution in [1.82, 2.24) is 9.97 Å². The number of nitrogens with zero attached hydrogens (tertiary/aromatic N) is 2. The largest absolute Gasteiger partial charge is 0.388 e. The van der Waals surface area contributed by atoms with E-state index >= 15 is 0 Å². The van der Waals surface area contributed by atoms with E-state index < -0.39 is 5.60 Å². The van der Waals surface area contributed by atoms with E-state index in [1.54, 1.807) is 6.07 Å². The van der Waals surface area contributed by atoms with Crippen LogP contribution in [0.4, 0.5) is 11.8 Å². The smallest absolute Gasteiger partial charge is 0.223 e. The summed E-state index contributed by atoms with van der Waals surface area (Å²) < 4.78 is 0. The van der Waals surface area contributed by atoms with E-state index in [1.165, 1.54) is 6.42 Å². The minimum atomic E-state index is -0.655. The first-order valence-corrected chi connectivity index (χ1v) is 7.15. The Morgan fingerprint density at radius 2 is 2.16 bits per heavy atom. The maximum Gasteiger partial charge on any atom is 0.223 e. The molecular formula is C13H21ClN4O. The Hall–Kier alpha value is -1.07. The molecule has 2 rings (SSSR count). The fourth-order valence-corrected chi connectivity index (χ4v) is 2.77. The van der Waals surface area contributed by atoms with Gasteiger partial charge in [0.15, 0.2) is 0 Å². The molecule has 0 spiro atoms. The third kappa shape index (κ3) is 3.94. The van der Waals surface area contributed by atoms with Gasteiger partial charge in [-0.05, 0) is 31.6 Å². The second-order valence-corrected chi connectivity index (χ2v) is 5.75. The first kappa shape index (κ1) is 14.3. The van der Waals surface area contributed by atoms with Gasteiger partial charge in [0.2, 0.25) is 5.95 Å². The van der Waals surface area contributed by atoms with Gasteiger partial charge in [0.05, 0.1) is 5.60 Å². The Morgan fingerprint density at radius 3 is 2.74 bits per heavy atom. The molecule has 6 heteroatoms. The van der Waals surface area contributed by atoms with Gasteiger partial charge >= 0.3 is 0 Å². The number of rotatable bonds is 4. The van der Waals surface area contributed by atoms with Crippen LogP contribution in [-0.4, -0.2) is 27.2 Å². The monoisotopic (exact) mass is 284 g/mol. The molecule has 0 atom stereocenters. The topological polar surface area (TPSA) is 84.1 Å². The van der Waals surface area contributed by atoms with Crippen molar-refractivity contribution in [3.05, 3.63) is 11.2 Å². The number of nitrogens with two attached hydrogens (primary N) is 1. The molecule has 1 fully saturated rings. The third-order valence-corrected chi connectivity index (χ3v) is 4.12. The lowest BCUT2D eigenvalue weighted by Gasteiger charge is -2.36. The lowest BCUT2D eigenvalue weighted by molar-refractivity contribution is 0.00223. The quantitative estimate of drug-likeness (QED) is 0.740. The van der Waals surface area contributed by atoms with Crippen LogP contribution in [0.5, 0.6) is 0 Å². The van der Waals surface area contributed by atoms with E-state index in [0.717, 1.165) is 31.6 Å². The minimum Gasteiger partial charge on any atom is -0.388 e. The van der Waals surface area contributed by atoms with Crippen LogP contribution in [0, 0.1) is 5.92 Å². The van der Waals surface area contributed by atoms with Crippen LogP contribution in [0.3, 0.4) is 0 Å². The normalized spacial score (nSPS) is 27.2. The van der Waals surface area contributed by atoms with Crippen LogP contribution >= 0.6 is 11.6 Å². The van der Waals surface area contributed by atoms with Crippen molar-refractivity contribution >= 4 is 23.4 Å². The minimum absolute atomic E-state index is 0.136. The summed E-state index contributed by atoms with van der Waals surface area (Å²) in [4.78, 5) is 7.84. The van der Waals surface area contributed by atoms with Crippen molar-refractivity contribution in [3.63, 3.8) is 0 Å². The van der Waals surface area contributed by atoms with E-state index in [4.69, 9.17) is 17.3 Å². The van der Waals surface area contributed by atoms with Gasteiger partial charge in [-0.3, -0.25) is 0 Å². The lowest BCUT2D eigenvalue weighted by atomic mass is 9.78. The number of aromatic nitrogens is 2. The number of halogens is 1. The van der Waals surface area contributed by atoms with E-state index in [-0.39, 0.29) is 5.95 Å². The molecule has 4 N–H and O–H groups in total. The molecule has 0 radical (unpaired) electrons. The zero-order valence-corrected chi connectivity index (χ0v) is 12.0. The predicted octanol–water partition coefficient (Wildman–Crippen LogP) is 2.46. The van der Waals surface area contributed by atoms with Crippen LogP contribution in [0.25, 0.3) is 0 Å². The summed E-state index contributed by atoms with van der Waals surface area (Å²) in [6.07, 6.45) is 5.02.